The first-order valence-corrected chi connectivity index (χ1v) is 5.14. The number of hydrazine groups is 1. The van der Waals surface area contributed by atoms with Crippen LogP contribution >= 0.6 is 11.6 Å². The van der Waals surface area contributed by atoms with Crippen molar-refractivity contribution in [3.05, 3.63) is 28.8 Å². The molecule has 0 saturated carbocycles. The molecule has 0 aliphatic carbocycles. The lowest BCUT2D eigenvalue weighted by Crippen LogP contribution is -2.44. The third kappa shape index (κ3) is 2.22. The molecule has 4 N–H and O–H groups in total. The smallest absolute Gasteiger partial charge is 0.234 e. The maximum atomic E-state index is 10.9. The Morgan fingerprint density at radius 2 is 2.27 bits per heavy atom. The van der Waals surface area contributed by atoms with E-state index in [2.05, 4.69) is 10.9 Å². The highest BCUT2D eigenvalue weighted by Gasteiger charge is 2.19. The van der Waals surface area contributed by atoms with Gasteiger partial charge in [0, 0.05) is 6.42 Å². The van der Waals surface area contributed by atoms with Gasteiger partial charge < -0.3 is 5.73 Å². The maximum absolute atomic E-state index is 10.9. The number of amides is 1. The lowest BCUT2D eigenvalue weighted by molar-refractivity contribution is -0.124. The highest BCUT2D eigenvalue weighted by molar-refractivity contribution is 6.33. The third-order valence-corrected chi connectivity index (χ3v) is 2.80. The van der Waals surface area contributed by atoms with Crippen molar-refractivity contribution in [2.75, 3.05) is 5.73 Å². The van der Waals surface area contributed by atoms with Crippen molar-refractivity contribution in [3.8, 4) is 0 Å². The Kier molecular flexibility index (Phi) is 2.79. The molecule has 2 rings (SSSR count). The van der Waals surface area contributed by atoms with Crippen molar-refractivity contribution in [3.63, 3.8) is 0 Å². The molecule has 0 bridgehead atoms. The highest BCUT2D eigenvalue weighted by Crippen LogP contribution is 2.26. The van der Waals surface area contributed by atoms with Crippen LogP contribution in [0, 0.1) is 0 Å². The zero-order valence-corrected chi connectivity index (χ0v) is 8.84. The van der Waals surface area contributed by atoms with Gasteiger partial charge in [0.25, 0.3) is 0 Å². The standard InChI is InChI=1S/C10H12ClN3O/c11-7-5-6(1-2-8(7)12)9-3-4-10(15)14-13-9/h1-2,5,9,13H,3-4,12H2,(H,14,15). The van der Waals surface area contributed by atoms with Crippen LogP contribution in [0.3, 0.4) is 0 Å². The van der Waals surface area contributed by atoms with Gasteiger partial charge in [-0.3, -0.25) is 10.2 Å². The number of nitrogens with one attached hydrogen (secondary N) is 2. The molecule has 80 valence electrons. The fourth-order valence-corrected chi connectivity index (χ4v) is 1.78. The van der Waals surface area contributed by atoms with E-state index in [1.165, 1.54) is 0 Å². The molecule has 1 aliphatic rings. The molecule has 0 radical (unpaired) electrons. The van der Waals surface area contributed by atoms with Crippen molar-refractivity contribution in [2.45, 2.75) is 18.9 Å². The van der Waals surface area contributed by atoms with E-state index >= 15 is 0 Å². The molecule has 1 saturated heterocycles. The summed E-state index contributed by atoms with van der Waals surface area (Å²) in [6, 6.07) is 5.62. The lowest BCUT2D eigenvalue weighted by atomic mass is 10.0. The molecule has 1 amide bonds. The Morgan fingerprint density at radius 3 is 2.87 bits per heavy atom. The second-order valence-electron chi connectivity index (χ2n) is 3.56. The number of nitrogen functional groups attached to an aromatic ring is 1. The number of anilines is 1. The van der Waals surface area contributed by atoms with Crippen molar-refractivity contribution in [2.24, 2.45) is 0 Å². The number of rotatable bonds is 1. The van der Waals surface area contributed by atoms with Crippen molar-refractivity contribution in [1.29, 1.82) is 0 Å². The van der Waals surface area contributed by atoms with Crippen LogP contribution in [0.1, 0.15) is 24.4 Å². The van der Waals surface area contributed by atoms with Gasteiger partial charge in [-0.15, -0.1) is 0 Å². The van der Waals surface area contributed by atoms with Gasteiger partial charge in [0.05, 0.1) is 16.8 Å². The second kappa shape index (κ2) is 4.08. The summed E-state index contributed by atoms with van der Waals surface area (Å²) in [7, 11) is 0. The van der Waals surface area contributed by atoms with E-state index in [0.717, 1.165) is 12.0 Å². The first-order valence-electron chi connectivity index (χ1n) is 4.76. The van der Waals surface area contributed by atoms with Gasteiger partial charge in [0.1, 0.15) is 0 Å². The average Bonchev–Trinajstić information content (AvgIpc) is 2.23. The molecule has 4 nitrogen and oxygen atoms in total. The molecule has 0 spiro atoms. The molecule has 1 aromatic rings. The average molecular weight is 226 g/mol. The Hall–Kier alpha value is -1.26. The summed E-state index contributed by atoms with van der Waals surface area (Å²) in [5, 5.41) is 0.547. The normalized spacial score (nSPS) is 21.1. The van der Waals surface area contributed by atoms with Crippen molar-refractivity contribution >= 4 is 23.2 Å². The van der Waals surface area contributed by atoms with Crippen LogP contribution in [-0.2, 0) is 4.79 Å². The summed E-state index contributed by atoms with van der Waals surface area (Å²) < 4.78 is 0. The molecular formula is C10H12ClN3O. The van der Waals surface area contributed by atoms with E-state index in [0.29, 0.717) is 17.1 Å². The number of carbonyl (C=O) groups is 1. The van der Waals surface area contributed by atoms with Gasteiger partial charge in [-0.05, 0) is 24.1 Å². The fraction of sp³-hybridized carbons (Fsp3) is 0.300. The molecule has 15 heavy (non-hydrogen) atoms. The van der Waals surface area contributed by atoms with E-state index in [9.17, 15) is 4.79 Å². The summed E-state index contributed by atoms with van der Waals surface area (Å²) in [6.45, 7) is 0. The molecule has 1 fully saturated rings. The van der Waals surface area contributed by atoms with Crippen LogP contribution in [0.5, 0.6) is 0 Å². The van der Waals surface area contributed by atoms with Crippen LogP contribution in [0.15, 0.2) is 18.2 Å². The van der Waals surface area contributed by atoms with Crippen LogP contribution in [0.4, 0.5) is 5.69 Å². The predicted octanol–water partition coefficient (Wildman–Crippen LogP) is 1.38. The van der Waals surface area contributed by atoms with Crippen LogP contribution < -0.4 is 16.6 Å². The number of benzene rings is 1. The van der Waals surface area contributed by atoms with E-state index in [4.69, 9.17) is 17.3 Å². The largest absolute Gasteiger partial charge is 0.398 e. The topological polar surface area (TPSA) is 67.2 Å². The van der Waals surface area contributed by atoms with E-state index < -0.39 is 0 Å². The van der Waals surface area contributed by atoms with Crippen molar-refractivity contribution < 1.29 is 4.79 Å². The van der Waals surface area contributed by atoms with E-state index in [1.807, 2.05) is 12.1 Å². The fourth-order valence-electron chi connectivity index (χ4n) is 1.59. The number of hydrogen-bond acceptors (Lipinski definition) is 3. The summed E-state index contributed by atoms with van der Waals surface area (Å²) in [5.74, 6) is 0.0211. The van der Waals surface area contributed by atoms with E-state index in [1.54, 1.807) is 6.07 Å². The Labute approximate surface area is 92.8 Å². The molecule has 1 atom stereocenters. The van der Waals surface area contributed by atoms with Gasteiger partial charge in [-0.1, -0.05) is 17.7 Å². The zero-order valence-electron chi connectivity index (χ0n) is 8.09. The highest BCUT2D eigenvalue weighted by atomic mass is 35.5. The first kappa shape index (κ1) is 10.3. The molecule has 1 aromatic carbocycles. The Balaban J connectivity index is 2.16. The summed E-state index contributed by atoms with van der Waals surface area (Å²) in [4.78, 5) is 10.9. The summed E-state index contributed by atoms with van der Waals surface area (Å²) in [5.41, 5.74) is 12.8. The first-order chi connectivity index (χ1) is 7.16. The number of carbonyl (C=O) groups excluding carboxylic acids is 1. The molecular weight excluding hydrogens is 214 g/mol. The van der Waals surface area contributed by atoms with Gasteiger partial charge in [0.2, 0.25) is 5.91 Å². The number of nitrogens with two attached hydrogens (primary N) is 1. The van der Waals surface area contributed by atoms with Gasteiger partial charge in [0.15, 0.2) is 0 Å². The van der Waals surface area contributed by atoms with Crippen LogP contribution in [-0.4, -0.2) is 5.91 Å². The molecule has 5 heteroatoms. The second-order valence-corrected chi connectivity index (χ2v) is 3.97. The van der Waals surface area contributed by atoms with Gasteiger partial charge in [-0.25, -0.2) is 5.43 Å². The SMILES string of the molecule is Nc1ccc(C2CCC(=O)NN2)cc1Cl. The minimum absolute atomic E-state index is 0.0211. The molecule has 1 heterocycles. The van der Waals surface area contributed by atoms with Crippen LogP contribution in [0.25, 0.3) is 0 Å². The van der Waals surface area contributed by atoms with Gasteiger partial charge >= 0.3 is 0 Å². The Morgan fingerprint density at radius 1 is 1.47 bits per heavy atom. The number of hydrogen-bond donors (Lipinski definition) is 3. The lowest BCUT2D eigenvalue weighted by Gasteiger charge is -2.24. The minimum Gasteiger partial charge on any atom is -0.398 e. The Bertz CT molecular complexity index is 384. The third-order valence-electron chi connectivity index (χ3n) is 2.47. The van der Waals surface area contributed by atoms with E-state index in [-0.39, 0.29) is 11.9 Å². The summed E-state index contributed by atoms with van der Waals surface area (Å²) in [6.07, 6.45) is 1.30. The predicted molar refractivity (Wildman–Crippen MR) is 59.1 cm³/mol. The number of halogens is 1. The molecule has 1 aliphatic heterocycles. The zero-order chi connectivity index (χ0) is 10.8. The molecule has 1 unspecified atom stereocenters. The quantitative estimate of drug-likeness (QED) is 0.633. The minimum atomic E-state index is 0.0211. The van der Waals surface area contributed by atoms with Crippen LogP contribution in [0.2, 0.25) is 5.02 Å². The maximum Gasteiger partial charge on any atom is 0.234 e. The molecule has 0 aromatic heterocycles. The monoisotopic (exact) mass is 225 g/mol. The van der Waals surface area contributed by atoms with Crippen molar-refractivity contribution in [1.82, 2.24) is 10.9 Å². The summed E-state index contributed by atoms with van der Waals surface area (Å²) >= 11 is 5.92. The van der Waals surface area contributed by atoms with Gasteiger partial charge in [-0.2, -0.15) is 0 Å².